The summed E-state index contributed by atoms with van der Waals surface area (Å²) in [7, 11) is 1.53. The molecule has 0 aliphatic heterocycles. The van der Waals surface area contributed by atoms with Gasteiger partial charge in [-0.2, -0.15) is 0 Å². The Morgan fingerprint density at radius 2 is 1.16 bits per heavy atom. The summed E-state index contributed by atoms with van der Waals surface area (Å²) in [5.74, 6) is 0. The molecule has 0 spiro atoms. The summed E-state index contributed by atoms with van der Waals surface area (Å²) >= 11 is 0. The van der Waals surface area contributed by atoms with Gasteiger partial charge < -0.3 is 18.2 Å². The number of hydrogen-bond acceptors (Lipinski definition) is 4. The molecule has 0 fully saturated rings. The number of hydrogen-bond donors (Lipinski definition) is 0. The largest absolute Gasteiger partial charge is 0.519 e. The van der Waals surface area contributed by atoms with E-state index < -0.39 is 8.80 Å². The molecule has 0 amide bonds. The third-order valence-corrected chi connectivity index (χ3v) is 6.50. The van der Waals surface area contributed by atoms with E-state index in [-0.39, 0.29) is 5.67 Å². The van der Waals surface area contributed by atoms with E-state index in [4.69, 9.17) is 13.3 Å². The van der Waals surface area contributed by atoms with Gasteiger partial charge in [0.25, 0.3) is 0 Å². The average Bonchev–Trinajstić information content (AvgIpc) is 2.40. The van der Waals surface area contributed by atoms with Gasteiger partial charge in [0, 0.05) is 19.8 Å². The van der Waals surface area contributed by atoms with E-state index in [9.17, 15) is 0 Å². The highest BCUT2D eigenvalue weighted by Gasteiger charge is 2.50. The van der Waals surface area contributed by atoms with Crippen LogP contribution in [0.1, 0.15) is 53.4 Å². The summed E-state index contributed by atoms with van der Waals surface area (Å²) in [6.45, 7) is 10.7. The van der Waals surface area contributed by atoms with E-state index in [0.29, 0.717) is 19.8 Å². The minimum atomic E-state index is -2.63. The van der Waals surface area contributed by atoms with Crippen LogP contribution < -0.4 is 0 Å². The summed E-state index contributed by atoms with van der Waals surface area (Å²) in [5.41, 5.74) is 0.233. The zero-order chi connectivity index (χ0) is 14.7. The smallest absolute Gasteiger partial charge is 0.373 e. The van der Waals surface area contributed by atoms with Crippen LogP contribution in [0.5, 0.6) is 0 Å². The van der Waals surface area contributed by atoms with E-state index in [1.165, 1.54) is 0 Å². The molecule has 0 N–H and O–H groups in total. The van der Waals surface area contributed by atoms with Crippen LogP contribution in [0.2, 0.25) is 0 Å². The highest BCUT2D eigenvalue weighted by atomic mass is 28.4. The van der Waals surface area contributed by atoms with Gasteiger partial charge in [0.05, 0.1) is 5.67 Å². The molecule has 19 heavy (non-hydrogen) atoms. The second-order valence-electron chi connectivity index (χ2n) is 5.04. The van der Waals surface area contributed by atoms with E-state index >= 15 is 0 Å². The van der Waals surface area contributed by atoms with Crippen molar-refractivity contribution >= 4 is 8.80 Å². The Labute approximate surface area is 120 Å². The molecule has 0 rings (SSSR count). The van der Waals surface area contributed by atoms with Crippen LogP contribution in [-0.4, -0.2) is 53.3 Å². The van der Waals surface area contributed by atoms with Crippen LogP contribution in [0.4, 0.5) is 0 Å². The molecule has 0 aliphatic rings. The molecule has 0 heterocycles. The van der Waals surface area contributed by atoms with Crippen molar-refractivity contribution in [3.63, 3.8) is 0 Å². The predicted molar refractivity (Wildman–Crippen MR) is 82.2 cm³/mol. The van der Waals surface area contributed by atoms with E-state index in [2.05, 4.69) is 46.7 Å². The zero-order valence-electron chi connectivity index (χ0n) is 13.7. The van der Waals surface area contributed by atoms with Gasteiger partial charge in [-0.25, -0.2) is 0 Å². The van der Waals surface area contributed by atoms with Crippen molar-refractivity contribution in [1.29, 1.82) is 0 Å². The summed E-state index contributed by atoms with van der Waals surface area (Å²) in [6, 6.07) is 0. The molecule has 0 aromatic carbocycles. The van der Waals surface area contributed by atoms with Gasteiger partial charge in [-0.05, 0) is 39.8 Å². The number of nitrogens with zero attached hydrogens (tertiary/aromatic N) is 1. The van der Waals surface area contributed by atoms with Crippen molar-refractivity contribution in [2.24, 2.45) is 0 Å². The molecule has 116 valence electrons. The summed E-state index contributed by atoms with van der Waals surface area (Å²) in [6.07, 6.45) is 3.95. The highest BCUT2D eigenvalue weighted by Crippen LogP contribution is 2.22. The van der Waals surface area contributed by atoms with Crippen LogP contribution in [0.3, 0.4) is 0 Å². The molecule has 1 unspecified atom stereocenters. The lowest BCUT2D eigenvalue weighted by Gasteiger charge is -2.38. The van der Waals surface area contributed by atoms with Gasteiger partial charge in [0.2, 0.25) is 0 Å². The lowest BCUT2D eigenvalue weighted by molar-refractivity contribution is 0.0327. The fourth-order valence-corrected chi connectivity index (χ4v) is 5.50. The summed E-state index contributed by atoms with van der Waals surface area (Å²) in [5, 5.41) is 0. The Morgan fingerprint density at radius 3 is 1.37 bits per heavy atom. The molecule has 4 nitrogen and oxygen atoms in total. The van der Waals surface area contributed by atoms with Crippen molar-refractivity contribution in [3.05, 3.63) is 0 Å². The molecule has 1 atom stereocenters. The van der Waals surface area contributed by atoms with Crippen LogP contribution in [0, 0.1) is 0 Å². The molecule has 5 heteroatoms. The fourth-order valence-electron chi connectivity index (χ4n) is 2.08. The maximum absolute atomic E-state index is 6.15. The average molecular weight is 292 g/mol. The zero-order valence-corrected chi connectivity index (χ0v) is 14.7. The molecule has 0 saturated carbocycles. The Hall–Kier alpha value is 0.0569. The van der Waals surface area contributed by atoms with Gasteiger partial charge in [-0.3, -0.25) is 0 Å². The van der Waals surface area contributed by atoms with Gasteiger partial charge in [0.15, 0.2) is 0 Å². The number of rotatable bonds is 12. The van der Waals surface area contributed by atoms with Crippen LogP contribution >= 0.6 is 0 Å². The van der Waals surface area contributed by atoms with Crippen molar-refractivity contribution < 1.29 is 13.3 Å². The normalized spacial score (nSPS) is 14.1. The van der Waals surface area contributed by atoms with Gasteiger partial charge in [-0.1, -0.05) is 27.7 Å². The minimum Gasteiger partial charge on any atom is -0.373 e. The first-order valence-electron chi connectivity index (χ1n) is 7.66. The molecule has 0 aromatic heterocycles. The van der Waals surface area contributed by atoms with Crippen LogP contribution in [0.15, 0.2) is 0 Å². The van der Waals surface area contributed by atoms with Crippen LogP contribution in [-0.2, 0) is 13.3 Å². The van der Waals surface area contributed by atoms with Crippen molar-refractivity contribution in [2.75, 3.05) is 33.9 Å². The van der Waals surface area contributed by atoms with Crippen molar-refractivity contribution in [1.82, 2.24) is 4.90 Å². The maximum Gasteiger partial charge on any atom is 0.519 e. The second-order valence-corrected chi connectivity index (χ2v) is 7.78. The van der Waals surface area contributed by atoms with E-state index in [0.717, 1.165) is 25.7 Å². The summed E-state index contributed by atoms with van der Waals surface area (Å²) in [4.78, 5) is 2.19. The SMILES string of the molecule is CCCO[Si](OCCC)(OCCC)C(CC)N(C)C. The lowest BCUT2D eigenvalue weighted by Crippen LogP contribution is -2.61. The van der Waals surface area contributed by atoms with E-state index in [1.54, 1.807) is 0 Å². The molecule has 0 bridgehead atoms. The molecular weight excluding hydrogens is 258 g/mol. The van der Waals surface area contributed by atoms with Crippen LogP contribution in [0.25, 0.3) is 0 Å². The Kier molecular flexibility index (Phi) is 10.8. The third-order valence-electron chi connectivity index (χ3n) is 2.94. The third kappa shape index (κ3) is 6.36. The second kappa shape index (κ2) is 10.8. The Balaban J connectivity index is 5.04. The minimum absolute atomic E-state index is 0.233. The van der Waals surface area contributed by atoms with Crippen molar-refractivity contribution in [3.8, 4) is 0 Å². The summed E-state index contributed by atoms with van der Waals surface area (Å²) < 4.78 is 18.5. The first-order valence-corrected chi connectivity index (χ1v) is 9.46. The Morgan fingerprint density at radius 1 is 0.789 bits per heavy atom. The fraction of sp³-hybridized carbons (Fsp3) is 1.00. The first kappa shape index (κ1) is 19.1. The Bertz CT molecular complexity index is 193. The first-order chi connectivity index (χ1) is 9.07. The molecule has 0 aromatic rings. The standard InChI is InChI=1S/C14H33NO3Si/c1-7-11-16-19(17-12-8-2,18-13-9-3)14(10-4)15(5)6/h14H,7-13H2,1-6H3. The molecule has 0 saturated heterocycles. The topological polar surface area (TPSA) is 30.9 Å². The lowest BCUT2D eigenvalue weighted by atomic mass is 10.4. The maximum atomic E-state index is 6.15. The predicted octanol–water partition coefficient (Wildman–Crippen LogP) is 3.08. The molecule has 0 radical (unpaired) electrons. The molecular formula is C14H33NO3Si. The van der Waals surface area contributed by atoms with Gasteiger partial charge in [0.1, 0.15) is 0 Å². The van der Waals surface area contributed by atoms with Gasteiger partial charge in [-0.15, -0.1) is 0 Å². The quantitative estimate of drug-likeness (QED) is 0.517. The van der Waals surface area contributed by atoms with Crippen molar-refractivity contribution in [2.45, 2.75) is 59.0 Å². The highest BCUT2D eigenvalue weighted by molar-refractivity contribution is 6.62. The monoisotopic (exact) mass is 291 g/mol. The molecule has 0 aliphatic carbocycles. The van der Waals surface area contributed by atoms with Gasteiger partial charge >= 0.3 is 8.80 Å². The van der Waals surface area contributed by atoms with E-state index in [1.807, 2.05) is 0 Å².